The van der Waals surface area contributed by atoms with Crippen LogP contribution in [0.15, 0.2) is 0 Å². The molecule has 5 nitrogen and oxygen atoms in total. The van der Waals surface area contributed by atoms with E-state index in [2.05, 4.69) is 5.32 Å². The van der Waals surface area contributed by atoms with Gasteiger partial charge >= 0.3 is 0 Å². The van der Waals surface area contributed by atoms with Crippen molar-refractivity contribution in [1.82, 2.24) is 5.32 Å². The summed E-state index contributed by atoms with van der Waals surface area (Å²) in [5, 5.41) is 12.9. The smallest absolute Gasteiger partial charge is 0.0897 e. The normalized spacial score (nSPS) is 13.1. The summed E-state index contributed by atoms with van der Waals surface area (Å²) in [5.74, 6) is 0. The molecule has 0 aromatic carbocycles. The van der Waals surface area contributed by atoms with E-state index in [0.29, 0.717) is 26.4 Å². The predicted octanol–water partition coefficient (Wildman–Crippen LogP) is 1.20. The average Bonchev–Trinajstić information content (AvgIpc) is 2.37. The molecule has 116 valence electrons. The molecule has 19 heavy (non-hydrogen) atoms. The molecule has 0 spiro atoms. The number of methoxy groups -OCH3 is 1. The number of unbranched alkanes of at least 4 members (excludes halogenated alkanes) is 2. The second kappa shape index (κ2) is 14.2. The molecule has 0 aromatic rings. The maximum atomic E-state index is 9.65. The standard InChI is InChI=1S/C14H31NO4/c1-13(2)19-10-9-18-12-14(16)11-15-7-5-4-6-8-17-3/h13-16H,4-12H2,1-3H3. The van der Waals surface area contributed by atoms with E-state index in [9.17, 15) is 5.11 Å². The quantitative estimate of drug-likeness (QED) is 0.467. The Labute approximate surface area is 117 Å². The van der Waals surface area contributed by atoms with E-state index in [0.717, 1.165) is 32.4 Å². The SMILES string of the molecule is COCCCCCNCC(O)COCCOC(C)C. The first kappa shape index (κ1) is 18.8. The van der Waals surface area contributed by atoms with Crippen LogP contribution in [-0.2, 0) is 14.2 Å². The molecule has 1 unspecified atom stereocenters. The van der Waals surface area contributed by atoms with Gasteiger partial charge in [-0.05, 0) is 39.7 Å². The molecule has 2 N–H and O–H groups in total. The van der Waals surface area contributed by atoms with E-state index >= 15 is 0 Å². The number of rotatable bonds is 14. The molecule has 0 aliphatic rings. The summed E-state index contributed by atoms with van der Waals surface area (Å²) >= 11 is 0. The van der Waals surface area contributed by atoms with Crippen molar-refractivity contribution in [1.29, 1.82) is 0 Å². The summed E-state index contributed by atoms with van der Waals surface area (Å²) in [7, 11) is 1.72. The minimum absolute atomic E-state index is 0.230. The van der Waals surface area contributed by atoms with Crippen LogP contribution < -0.4 is 5.32 Å². The average molecular weight is 277 g/mol. The second-order valence-electron chi connectivity index (χ2n) is 4.91. The topological polar surface area (TPSA) is 60.0 Å². The first-order chi connectivity index (χ1) is 9.16. The predicted molar refractivity (Wildman–Crippen MR) is 76.5 cm³/mol. The molecule has 0 fully saturated rings. The van der Waals surface area contributed by atoms with Gasteiger partial charge in [0.05, 0.1) is 32.0 Å². The van der Waals surface area contributed by atoms with Gasteiger partial charge < -0.3 is 24.6 Å². The van der Waals surface area contributed by atoms with Crippen molar-refractivity contribution in [3.63, 3.8) is 0 Å². The highest BCUT2D eigenvalue weighted by Crippen LogP contribution is 1.94. The zero-order chi connectivity index (χ0) is 14.3. The summed E-state index contributed by atoms with van der Waals surface area (Å²) in [6.45, 7) is 7.79. The molecule has 0 saturated heterocycles. The summed E-state index contributed by atoms with van der Waals surface area (Å²) in [6, 6.07) is 0. The van der Waals surface area contributed by atoms with E-state index in [-0.39, 0.29) is 6.10 Å². The van der Waals surface area contributed by atoms with Crippen LogP contribution in [0, 0.1) is 0 Å². The maximum absolute atomic E-state index is 9.65. The third-order valence-electron chi connectivity index (χ3n) is 2.57. The van der Waals surface area contributed by atoms with Gasteiger partial charge in [-0.15, -0.1) is 0 Å². The van der Waals surface area contributed by atoms with Crippen molar-refractivity contribution >= 4 is 0 Å². The van der Waals surface area contributed by atoms with E-state index in [1.54, 1.807) is 7.11 Å². The molecule has 0 saturated carbocycles. The maximum Gasteiger partial charge on any atom is 0.0897 e. The van der Waals surface area contributed by atoms with E-state index in [1.165, 1.54) is 0 Å². The van der Waals surface area contributed by atoms with Crippen LogP contribution in [0.5, 0.6) is 0 Å². The minimum Gasteiger partial charge on any atom is -0.389 e. The molecule has 5 heteroatoms. The van der Waals surface area contributed by atoms with Crippen LogP contribution in [0.2, 0.25) is 0 Å². The molecule has 0 amide bonds. The monoisotopic (exact) mass is 277 g/mol. The first-order valence-corrected chi connectivity index (χ1v) is 7.24. The number of aliphatic hydroxyl groups excluding tert-OH is 1. The number of ether oxygens (including phenoxy) is 3. The van der Waals surface area contributed by atoms with Crippen LogP contribution in [0.25, 0.3) is 0 Å². The van der Waals surface area contributed by atoms with Crippen LogP contribution in [0.3, 0.4) is 0 Å². The Hall–Kier alpha value is -0.200. The lowest BCUT2D eigenvalue weighted by Crippen LogP contribution is -2.31. The molecule has 0 aromatic heterocycles. The van der Waals surface area contributed by atoms with E-state index in [4.69, 9.17) is 14.2 Å². The second-order valence-corrected chi connectivity index (χ2v) is 4.91. The lowest BCUT2D eigenvalue weighted by atomic mass is 10.2. The largest absolute Gasteiger partial charge is 0.389 e. The van der Waals surface area contributed by atoms with Crippen molar-refractivity contribution < 1.29 is 19.3 Å². The lowest BCUT2D eigenvalue weighted by molar-refractivity contribution is -0.00992. The summed E-state index contributed by atoms with van der Waals surface area (Å²) in [4.78, 5) is 0. The van der Waals surface area contributed by atoms with Crippen molar-refractivity contribution in [2.75, 3.05) is 46.6 Å². The minimum atomic E-state index is -0.446. The molecule has 0 aliphatic heterocycles. The highest BCUT2D eigenvalue weighted by molar-refractivity contribution is 4.58. The van der Waals surface area contributed by atoms with Gasteiger partial charge in [-0.25, -0.2) is 0 Å². The lowest BCUT2D eigenvalue weighted by Gasteiger charge is -2.13. The van der Waals surface area contributed by atoms with Gasteiger partial charge in [0.1, 0.15) is 0 Å². The van der Waals surface area contributed by atoms with Crippen LogP contribution >= 0.6 is 0 Å². The summed E-state index contributed by atoms with van der Waals surface area (Å²) < 4.78 is 15.6. The number of nitrogens with one attached hydrogen (secondary N) is 1. The van der Waals surface area contributed by atoms with E-state index < -0.39 is 6.10 Å². The third-order valence-corrected chi connectivity index (χ3v) is 2.57. The molecule has 0 aliphatic carbocycles. The Morgan fingerprint density at radius 3 is 2.53 bits per heavy atom. The molecule has 0 heterocycles. The van der Waals surface area contributed by atoms with Crippen molar-refractivity contribution in [3.8, 4) is 0 Å². The zero-order valence-corrected chi connectivity index (χ0v) is 12.7. The fourth-order valence-electron chi connectivity index (χ4n) is 1.56. The Morgan fingerprint density at radius 1 is 1.05 bits per heavy atom. The Balaban J connectivity index is 3.14. The van der Waals surface area contributed by atoms with Gasteiger partial charge in [-0.3, -0.25) is 0 Å². The fourth-order valence-corrected chi connectivity index (χ4v) is 1.56. The van der Waals surface area contributed by atoms with Gasteiger partial charge in [0.15, 0.2) is 0 Å². The van der Waals surface area contributed by atoms with Gasteiger partial charge in [-0.2, -0.15) is 0 Å². The third kappa shape index (κ3) is 15.7. The van der Waals surface area contributed by atoms with Crippen molar-refractivity contribution in [2.45, 2.75) is 45.3 Å². The Morgan fingerprint density at radius 2 is 1.84 bits per heavy atom. The first-order valence-electron chi connectivity index (χ1n) is 7.24. The molecular formula is C14H31NO4. The Bertz CT molecular complexity index is 179. The van der Waals surface area contributed by atoms with Gasteiger partial charge in [0, 0.05) is 20.3 Å². The molecule has 0 bridgehead atoms. The van der Waals surface area contributed by atoms with Crippen molar-refractivity contribution in [2.24, 2.45) is 0 Å². The van der Waals surface area contributed by atoms with Gasteiger partial charge in [-0.1, -0.05) is 0 Å². The van der Waals surface area contributed by atoms with Crippen LogP contribution in [0.4, 0.5) is 0 Å². The van der Waals surface area contributed by atoms with E-state index in [1.807, 2.05) is 13.8 Å². The number of aliphatic hydroxyl groups is 1. The molecule has 1 atom stereocenters. The van der Waals surface area contributed by atoms with Gasteiger partial charge in [0.25, 0.3) is 0 Å². The highest BCUT2D eigenvalue weighted by atomic mass is 16.5. The molecule has 0 radical (unpaired) electrons. The summed E-state index contributed by atoms with van der Waals surface area (Å²) in [6.07, 6.45) is 3.14. The molecule has 0 rings (SSSR count). The van der Waals surface area contributed by atoms with Crippen LogP contribution in [-0.4, -0.2) is 63.9 Å². The summed E-state index contributed by atoms with van der Waals surface area (Å²) in [5.41, 5.74) is 0. The number of hydrogen-bond donors (Lipinski definition) is 2. The van der Waals surface area contributed by atoms with Crippen LogP contribution in [0.1, 0.15) is 33.1 Å². The molecular weight excluding hydrogens is 246 g/mol. The zero-order valence-electron chi connectivity index (χ0n) is 12.7. The number of hydrogen-bond acceptors (Lipinski definition) is 5. The fraction of sp³-hybridized carbons (Fsp3) is 1.00. The Kier molecular flexibility index (Phi) is 14.1. The highest BCUT2D eigenvalue weighted by Gasteiger charge is 2.03. The van der Waals surface area contributed by atoms with Gasteiger partial charge in [0.2, 0.25) is 0 Å². The van der Waals surface area contributed by atoms with Crippen molar-refractivity contribution in [3.05, 3.63) is 0 Å².